The summed E-state index contributed by atoms with van der Waals surface area (Å²) in [7, 11) is 2.15. The van der Waals surface area contributed by atoms with E-state index in [2.05, 4.69) is 39.7 Å². The van der Waals surface area contributed by atoms with Crippen LogP contribution in [0.1, 0.15) is 32.3 Å². The van der Waals surface area contributed by atoms with E-state index in [1.54, 1.807) is 0 Å². The van der Waals surface area contributed by atoms with Crippen LogP contribution in [0.3, 0.4) is 0 Å². The van der Waals surface area contributed by atoms with E-state index < -0.39 is 5.66 Å². The second kappa shape index (κ2) is 7.48. The lowest BCUT2D eigenvalue weighted by Gasteiger charge is -2.27. The molecule has 150 valence electrons. The molecular weight excluding hydrogens is 354 g/mol. The number of guanidine groups is 1. The van der Waals surface area contributed by atoms with Gasteiger partial charge in [-0.3, -0.25) is 0 Å². The van der Waals surface area contributed by atoms with Crippen molar-refractivity contribution in [1.29, 1.82) is 0 Å². The fourth-order valence-corrected chi connectivity index (χ4v) is 3.87. The molecule has 1 atom stereocenters. The van der Waals surface area contributed by atoms with Crippen molar-refractivity contribution in [2.45, 2.75) is 32.4 Å². The van der Waals surface area contributed by atoms with Crippen molar-refractivity contribution in [2.24, 2.45) is 10.7 Å². The second-order valence-corrected chi connectivity index (χ2v) is 7.91. The number of anilines is 1. The minimum Gasteiger partial charge on any atom is -0.486 e. The molecule has 1 unspecified atom stereocenters. The summed E-state index contributed by atoms with van der Waals surface area (Å²) in [6.45, 7) is 7.01. The molecule has 3 aliphatic rings. The van der Waals surface area contributed by atoms with Crippen LogP contribution in [0.5, 0.6) is 11.5 Å². The lowest BCUT2D eigenvalue weighted by Crippen LogP contribution is -2.43. The summed E-state index contributed by atoms with van der Waals surface area (Å²) in [6.07, 6.45) is 6.34. The first-order valence-electron chi connectivity index (χ1n) is 9.83. The summed E-state index contributed by atoms with van der Waals surface area (Å²) in [5.41, 5.74) is 9.72. The first-order valence-corrected chi connectivity index (χ1v) is 9.83. The molecule has 0 spiro atoms. The van der Waals surface area contributed by atoms with Crippen molar-refractivity contribution in [3.05, 3.63) is 35.5 Å². The Labute approximate surface area is 166 Å². The molecule has 1 aromatic rings. The van der Waals surface area contributed by atoms with Gasteiger partial charge in [-0.15, -0.1) is 0 Å². The highest BCUT2D eigenvalue weighted by Gasteiger charge is 2.23. The zero-order chi connectivity index (χ0) is 19.7. The zero-order valence-electron chi connectivity index (χ0n) is 16.8. The smallest absolute Gasteiger partial charge is 0.202 e. The van der Waals surface area contributed by atoms with E-state index in [-0.39, 0.29) is 0 Å². The van der Waals surface area contributed by atoms with Gasteiger partial charge in [0.1, 0.15) is 18.9 Å². The number of hydrogen-bond acceptors (Lipinski definition) is 7. The van der Waals surface area contributed by atoms with Crippen molar-refractivity contribution >= 4 is 17.2 Å². The fourth-order valence-electron chi connectivity index (χ4n) is 3.87. The largest absolute Gasteiger partial charge is 0.486 e. The third-order valence-corrected chi connectivity index (χ3v) is 5.06. The highest BCUT2D eigenvalue weighted by atomic mass is 16.6. The summed E-state index contributed by atoms with van der Waals surface area (Å²) in [6, 6.07) is 4.09. The molecule has 4 N–H and O–H groups in total. The van der Waals surface area contributed by atoms with Crippen LogP contribution >= 0.6 is 0 Å². The lowest BCUT2D eigenvalue weighted by molar-refractivity contribution is 0.171. The van der Waals surface area contributed by atoms with Gasteiger partial charge in [-0.25, -0.2) is 4.99 Å². The Morgan fingerprint density at radius 3 is 2.93 bits per heavy atom. The molecule has 1 aromatic carbocycles. The van der Waals surface area contributed by atoms with Gasteiger partial charge in [0.15, 0.2) is 11.5 Å². The van der Waals surface area contributed by atoms with Crippen LogP contribution in [0.2, 0.25) is 0 Å². The number of rotatable bonds is 2. The standard InChI is InChI=1S/C21H29N5O2/c1-14-13-21(2,22)25-20(23-14)24-16-11-17(15-5-4-7-26(3)8-6-15)19-18(12-16)27-9-10-28-19/h6,11-13H,4-5,7-10,22H2,1-3H3,(H2,23,24,25). The molecule has 0 radical (unpaired) electrons. The summed E-state index contributed by atoms with van der Waals surface area (Å²) >= 11 is 0. The molecule has 0 aromatic heterocycles. The predicted molar refractivity (Wildman–Crippen MR) is 113 cm³/mol. The van der Waals surface area contributed by atoms with Gasteiger partial charge in [-0.1, -0.05) is 6.08 Å². The number of hydrogen-bond donors (Lipinski definition) is 3. The van der Waals surface area contributed by atoms with Crippen LogP contribution < -0.4 is 25.8 Å². The molecule has 0 saturated heterocycles. The number of nitrogens with zero attached hydrogens (tertiary/aromatic N) is 2. The number of fused-ring (bicyclic) bond motifs is 1. The number of nitrogens with one attached hydrogen (secondary N) is 2. The molecule has 28 heavy (non-hydrogen) atoms. The van der Waals surface area contributed by atoms with Crippen LogP contribution in [-0.2, 0) is 0 Å². The van der Waals surface area contributed by atoms with Gasteiger partial charge in [0, 0.05) is 29.6 Å². The highest BCUT2D eigenvalue weighted by Crippen LogP contribution is 2.42. The molecule has 7 heteroatoms. The van der Waals surface area contributed by atoms with E-state index in [0.29, 0.717) is 19.2 Å². The third kappa shape index (κ3) is 4.15. The predicted octanol–water partition coefficient (Wildman–Crippen LogP) is 2.52. The number of allylic oxidation sites excluding steroid dienone is 2. The molecule has 0 amide bonds. The van der Waals surface area contributed by atoms with Gasteiger partial charge in [0.2, 0.25) is 5.96 Å². The normalized spacial score (nSPS) is 25.1. The zero-order valence-corrected chi connectivity index (χ0v) is 16.8. The van der Waals surface area contributed by atoms with Crippen molar-refractivity contribution in [3.8, 4) is 11.5 Å². The molecule has 0 saturated carbocycles. The van der Waals surface area contributed by atoms with E-state index in [9.17, 15) is 0 Å². The van der Waals surface area contributed by atoms with E-state index >= 15 is 0 Å². The second-order valence-electron chi connectivity index (χ2n) is 7.91. The average Bonchev–Trinajstić information content (AvgIpc) is 2.84. The quantitative estimate of drug-likeness (QED) is 0.728. The number of aliphatic imine (C=N–C) groups is 1. The minimum absolute atomic E-state index is 0.555. The maximum absolute atomic E-state index is 6.20. The van der Waals surface area contributed by atoms with Gasteiger partial charge in [0.25, 0.3) is 0 Å². The molecule has 0 bridgehead atoms. The summed E-state index contributed by atoms with van der Waals surface area (Å²) in [5, 5.41) is 6.61. The Hall–Kier alpha value is -2.51. The summed E-state index contributed by atoms with van der Waals surface area (Å²) in [4.78, 5) is 6.87. The van der Waals surface area contributed by atoms with Crippen molar-refractivity contribution < 1.29 is 9.47 Å². The van der Waals surface area contributed by atoms with E-state index in [1.165, 1.54) is 5.57 Å². The third-order valence-electron chi connectivity index (χ3n) is 5.06. The topological polar surface area (TPSA) is 84.1 Å². The fraction of sp³-hybridized carbons (Fsp3) is 0.476. The highest BCUT2D eigenvalue weighted by molar-refractivity contribution is 5.96. The van der Waals surface area contributed by atoms with E-state index in [4.69, 9.17) is 15.2 Å². The molecule has 3 aliphatic heterocycles. The van der Waals surface area contributed by atoms with Gasteiger partial charge in [-0.2, -0.15) is 0 Å². The van der Waals surface area contributed by atoms with Crippen molar-refractivity contribution in [3.63, 3.8) is 0 Å². The number of likely N-dealkylation sites (N-methyl/N-ethyl adjacent to an activating group) is 1. The maximum atomic E-state index is 6.20. The minimum atomic E-state index is -0.733. The number of ether oxygens (including phenoxy) is 2. The van der Waals surface area contributed by atoms with Crippen LogP contribution in [0.15, 0.2) is 35.0 Å². The van der Waals surface area contributed by atoms with Gasteiger partial charge in [0.05, 0.1) is 0 Å². The molecule has 7 nitrogen and oxygen atoms in total. The lowest BCUT2D eigenvalue weighted by atomic mass is 9.98. The number of nitrogens with two attached hydrogens (primary N) is 1. The first kappa shape index (κ1) is 18.8. The first-order chi connectivity index (χ1) is 13.4. The van der Waals surface area contributed by atoms with Gasteiger partial charge < -0.3 is 30.7 Å². The molecule has 0 fully saturated rings. The Morgan fingerprint density at radius 1 is 1.29 bits per heavy atom. The Bertz CT molecular complexity index is 857. The van der Waals surface area contributed by atoms with E-state index in [1.807, 2.05) is 26.0 Å². The molecular formula is C21H29N5O2. The monoisotopic (exact) mass is 383 g/mol. The summed E-state index contributed by atoms with van der Waals surface area (Å²) in [5.74, 6) is 2.23. The van der Waals surface area contributed by atoms with Crippen molar-refractivity contribution in [2.75, 3.05) is 38.7 Å². The van der Waals surface area contributed by atoms with Gasteiger partial charge >= 0.3 is 0 Å². The Balaban J connectivity index is 1.68. The summed E-state index contributed by atoms with van der Waals surface area (Å²) < 4.78 is 11.9. The molecule has 3 heterocycles. The number of benzene rings is 1. The molecule has 4 rings (SSSR count). The van der Waals surface area contributed by atoms with Gasteiger partial charge in [-0.05, 0) is 58.0 Å². The Morgan fingerprint density at radius 2 is 2.11 bits per heavy atom. The van der Waals surface area contributed by atoms with Crippen molar-refractivity contribution in [1.82, 2.24) is 10.2 Å². The Kier molecular flexibility index (Phi) is 5.03. The maximum Gasteiger partial charge on any atom is 0.202 e. The van der Waals surface area contributed by atoms with Crippen LogP contribution in [0, 0.1) is 0 Å². The molecule has 0 aliphatic carbocycles. The van der Waals surface area contributed by atoms with Crippen LogP contribution in [0.25, 0.3) is 5.57 Å². The SMILES string of the molecule is CC1=CC(C)(N)N=C(Nc2cc3c(c(C4=CCN(C)CCC4)c2)OCCO3)N1. The average molecular weight is 383 g/mol. The van der Waals surface area contributed by atoms with Crippen LogP contribution in [0.4, 0.5) is 5.69 Å². The van der Waals surface area contributed by atoms with Crippen LogP contribution in [-0.4, -0.2) is 49.9 Å². The van der Waals surface area contributed by atoms with E-state index in [0.717, 1.165) is 54.4 Å².